The summed E-state index contributed by atoms with van der Waals surface area (Å²) >= 11 is 0. The molecule has 1 heterocycles. The average molecular weight is 375 g/mol. The predicted molar refractivity (Wildman–Crippen MR) is 104 cm³/mol. The Bertz CT molecular complexity index is 461. The van der Waals surface area contributed by atoms with Gasteiger partial charge >= 0.3 is 5.97 Å². The van der Waals surface area contributed by atoms with E-state index in [2.05, 4.69) is 67.7 Å². The fourth-order valence-electron chi connectivity index (χ4n) is 2.11. The number of carbonyl (C=O) groups excluding carboxylic acids is 1. The molecule has 0 N–H and O–H groups in total. The summed E-state index contributed by atoms with van der Waals surface area (Å²) in [4.78, 5) is 12.1. The topological polar surface area (TPSA) is 44.8 Å². The van der Waals surface area contributed by atoms with Crippen molar-refractivity contribution in [1.29, 1.82) is 0 Å². The number of rotatable bonds is 5. The molecule has 1 aliphatic heterocycles. The van der Waals surface area contributed by atoms with Crippen LogP contribution < -0.4 is 0 Å². The molecule has 3 atom stereocenters. The molecule has 24 heavy (non-hydrogen) atoms. The smallest absolute Gasteiger partial charge is 0.311 e. The first-order valence-corrected chi connectivity index (χ1v) is 14.8. The average Bonchev–Trinajstić information content (AvgIpc) is 2.61. The lowest BCUT2D eigenvalue weighted by molar-refractivity contribution is -0.145. The molecule has 1 rings (SSSR count). The fourth-order valence-corrected chi connectivity index (χ4v) is 4.51. The third-order valence-corrected chi connectivity index (χ3v) is 15.1. The molecular weight excluding hydrogens is 336 g/mol. The van der Waals surface area contributed by atoms with Crippen LogP contribution in [0.2, 0.25) is 36.3 Å². The maximum Gasteiger partial charge on any atom is 0.311 e. The highest BCUT2D eigenvalue weighted by molar-refractivity contribution is 6.74. The molecule has 0 bridgehead atoms. The van der Waals surface area contributed by atoms with Crippen LogP contribution in [-0.4, -0.2) is 41.4 Å². The first-order valence-electron chi connectivity index (χ1n) is 9.02. The molecule has 0 aromatic carbocycles. The van der Waals surface area contributed by atoms with Crippen LogP contribution in [-0.2, 0) is 18.4 Å². The summed E-state index contributed by atoms with van der Waals surface area (Å²) in [5.41, 5.74) is 0. The molecule has 1 saturated heterocycles. The molecule has 0 radical (unpaired) electrons. The standard InChI is InChI=1S/C18H38O4Si2/c1-13-15(22-24(10,11)18(5,6)7)14(21-16(13)19)12-20-23(8,9)17(2,3)4/h13-15H,12H2,1-11H3/t13?,14-,15+/m1/s1. The monoisotopic (exact) mass is 374 g/mol. The number of hydrogen-bond donors (Lipinski definition) is 0. The van der Waals surface area contributed by atoms with Gasteiger partial charge in [-0.25, -0.2) is 0 Å². The lowest BCUT2D eigenvalue weighted by Gasteiger charge is -2.41. The van der Waals surface area contributed by atoms with Crippen molar-refractivity contribution in [3.05, 3.63) is 0 Å². The van der Waals surface area contributed by atoms with Gasteiger partial charge in [0.1, 0.15) is 6.10 Å². The van der Waals surface area contributed by atoms with E-state index < -0.39 is 16.6 Å². The van der Waals surface area contributed by atoms with Crippen LogP contribution in [0.1, 0.15) is 48.5 Å². The second-order valence-corrected chi connectivity index (χ2v) is 19.7. The van der Waals surface area contributed by atoms with Gasteiger partial charge in [0.15, 0.2) is 16.6 Å². The van der Waals surface area contributed by atoms with E-state index in [0.29, 0.717) is 6.61 Å². The SMILES string of the molecule is CC1C(=O)O[C@H](CO[Si](C)(C)C(C)(C)C)[C@H]1O[Si](C)(C)C(C)(C)C. The minimum atomic E-state index is -1.97. The second-order valence-electron chi connectivity index (χ2n) is 10.2. The molecule has 142 valence electrons. The molecule has 6 heteroatoms. The molecule has 1 fully saturated rings. The van der Waals surface area contributed by atoms with E-state index in [1.165, 1.54) is 0 Å². The molecular formula is C18H38O4Si2. The highest BCUT2D eigenvalue weighted by atomic mass is 28.4. The lowest BCUT2D eigenvalue weighted by atomic mass is 10.0. The normalized spacial score (nSPS) is 26.6. The maximum absolute atomic E-state index is 12.1. The van der Waals surface area contributed by atoms with Crippen LogP contribution in [0.25, 0.3) is 0 Å². The summed E-state index contributed by atoms with van der Waals surface area (Å²) in [5, 5.41) is 0.236. The molecule has 0 aliphatic carbocycles. The van der Waals surface area contributed by atoms with Crippen LogP contribution in [0.4, 0.5) is 0 Å². The van der Waals surface area contributed by atoms with E-state index in [9.17, 15) is 4.79 Å². The van der Waals surface area contributed by atoms with Crippen molar-refractivity contribution >= 4 is 22.6 Å². The Hall–Kier alpha value is -0.176. The van der Waals surface area contributed by atoms with Gasteiger partial charge in [-0.3, -0.25) is 4.79 Å². The van der Waals surface area contributed by atoms with Crippen molar-refractivity contribution in [2.45, 2.75) is 96.9 Å². The van der Waals surface area contributed by atoms with E-state index >= 15 is 0 Å². The Balaban J connectivity index is 2.88. The van der Waals surface area contributed by atoms with Crippen LogP contribution in [0.5, 0.6) is 0 Å². The zero-order valence-electron chi connectivity index (χ0n) is 17.6. The molecule has 4 nitrogen and oxygen atoms in total. The van der Waals surface area contributed by atoms with Crippen molar-refractivity contribution in [3.63, 3.8) is 0 Å². The Labute approximate surface area is 150 Å². The van der Waals surface area contributed by atoms with Gasteiger partial charge in [-0.1, -0.05) is 41.5 Å². The molecule has 0 aromatic heterocycles. The van der Waals surface area contributed by atoms with Crippen molar-refractivity contribution in [1.82, 2.24) is 0 Å². The largest absolute Gasteiger partial charge is 0.457 e. The number of esters is 1. The Morgan fingerprint density at radius 1 is 0.958 bits per heavy atom. The van der Waals surface area contributed by atoms with E-state index in [1.54, 1.807) is 0 Å². The van der Waals surface area contributed by atoms with E-state index in [4.69, 9.17) is 13.6 Å². The minimum Gasteiger partial charge on any atom is -0.457 e. The minimum absolute atomic E-state index is 0.100. The maximum atomic E-state index is 12.1. The summed E-state index contributed by atoms with van der Waals surface area (Å²) in [6.07, 6.45) is -0.501. The Morgan fingerprint density at radius 3 is 1.83 bits per heavy atom. The van der Waals surface area contributed by atoms with Gasteiger partial charge in [0.25, 0.3) is 0 Å². The summed E-state index contributed by atoms with van der Waals surface area (Å²) in [6, 6.07) is 0. The summed E-state index contributed by atoms with van der Waals surface area (Å²) < 4.78 is 18.4. The van der Waals surface area contributed by atoms with E-state index in [-0.39, 0.29) is 34.2 Å². The number of cyclic esters (lactones) is 1. The quantitative estimate of drug-likeness (QED) is 0.504. The van der Waals surface area contributed by atoms with Gasteiger partial charge in [-0.2, -0.15) is 0 Å². The highest BCUT2D eigenvalue weighted by Crippen LogP contribution is 2.41. The first-order chi connectivity index (χ1) is 10.5. The molecule has 0 aromatic rings. The third kappa shape index (κ3) is 4.71. The second kappa shape index (κ2) is 6.85. The molecule has 0 amide bonds. The van der Waals surface area contributed by atoms with Crippen LogP contribution in [0, 0.1) is 5.92 Å². The van der Waals surface area contributed by atoms with Crippen molar-refractivity contribution < 1.29 is 18.4 Å². The van der Waals surface area contributed by atoms with Crippen molar-refractivity contribution in [3.8, 4) is 0 Å². The van der Waals surface area contributed by atoms with E-state index in [0.717, 1.165) is 0 Å². The van der Waals surface area contributed by atoms with Gasteiger partial charge < -0.3 is 13.6 Å². The number of carbonyl (C=O) groups is 1. The van der Waals surface area contributed by atoms with Gasteiger partial charge in [-0.15, -0.1) is 0 Å². The van der Waals surface area contributed by atoms with Gasteiger partial charge in [0, 0.05) is 0 Å². The van der Waals surface area contributed by atoms with Crippen molar-refractivity contribution in [2.75, 3.05) is 6.61 Å². The number of hydrogen-bond acceptors (Lipinski definition) is 4. The molecule has 1 aliphatic rings. The fraction of sp³-hybridized carbons (Fsp3) is 0.944. The summed E-state index contributed by atoms with van der Waals surface area (Å²) in [7, 11) is -3.85. The molecule has 1 unspecified atom stereocenters. The highest BCUT2D eigenvalue weighted by Gasteiger charge is 2.49. The number of ether oxygens (including phenoxy) is 1. The van der Waals surface area contributed by atoms with Gasteiger partial charge in [0.2, 0.25) is 0 Å². The third-order valence-electron chi connectivity index (χ3n) is 6.15. The zero-order valence-corrected chi connectivity index (χ0v) is 19.6. The first kappa shape index (κ1) is 21.9. The van der Waals surface area contributed by atoms with Gasteiger partial charge in [-0.05, 0) is 43.2 Å². The molecule has 0 saturated carbocycles. The summed E-state index contributed by atoms with van der Waals surface area (Å²) in [6.45, 7) is 24.5. The lowest BCUT2D eigenvalue weighted by Crippen LogP contribution is -2.49. The zero-order chi connectivity index (χ0) is 19.1. The Kier molecular flexibility index (Phi) is 6.24. The summed E-state index contributed by atoms with van der Waals surface area (Å²) in [5.74, 6) is -0.394. The van der Waals surface area contributed by atoms with Crippen molar-refractivity contribution in [2.24, 2.45) is 5.92 Å². The predicted octanol–water partition coefficient (Wildman–Crippen LogP) is 4.96. The molecule has 0 spiro atoms. The van der Waals surface area contributed by atoms with Crippen LogP contribution in [0.15, 0.2) is 0 Å². The van der Waals surface area contributed by atoms with Crippen LogP contribution >= 0.6 is 0 Å². The Morgan fingerprint density at radius 2 is 1.42 bits per heavy atom. The van der Waals surface area contributed by atoms with E-state index in [1.807, 2.05) is 6.92 Å². The van der Waals surface area contributed by atoms with Crippen LogP contribution in [0.3, 0.4) is 0 Å². The van der Waals surface area contributed by atoms with Gasteiger partial charge in [0.05, 0.1) is 18.6 Å².